The molecule has 0 fully saturated rings. The fourth-order valence-electron chi connectivity index (χ4n) is 10.5. The van der Waals surface area contributed by atoms with Gasteiger partial charge < -0.3 is 4.57 Å². The van der Waals surface area contributed by atoms with E-state index in [1.165, 1.54) is 49.9 Å². The van der Waals surface area contributed by atoms with Crippen LogP contribution in [0.25, 0.3) is 95.0 Å². The molecule has 13 rings (SSSR count). The molecular weight excluding hydrogens is 753 g/mol. The summed E-state index contributed by atoms with van der Waals surface area (Å²) in [5.74, 6) is 1.89. The van der Waals surface area contributed by atoms with Crippen LogP contribution in [0, 0.1) is 0 Å². The summed E-state index contributed by atoms with van der Waals surface area (Å²) in [6.07, 6.45) is 0. The highest BCUT2D eigenvalue weighted by Crippen LogP contribution is 2.63. The molecule has 0 saturated carbocycles. The second-order valence-corrected chi connectivity index (χ2v) is 16.3. The number of para-hydroxylation sites is 2. The summed E-state index contributed by atoms with van der Waals surface area (Å²) in [5, 5.41) is 2.33. The third kappa shape index (κ3) is 4.92. The lowest BCUT2D eigenvalue weighted by atomic mass is 9.70. The fourth-order valence-corrected chi connectivity index (χ4v) is 10.5. The van der Waals surface area contributed by atoms with E-state index < -0.39 is 5.41 Å². The molecule has 4 nitrogen and oxygen atoms in total. The van der Waals surface area contributed by atoms with Gasteiger partial charge in [-0.2, -0.15) is 0 Å². The van der Waals surface area contributed by atoms with Crippen LogP contribution in [0.3, 0.4) is 0 Å². The largest absolute Gasteiger partial charge is 0.309 e. The van der Waals surface area contributed by atoms with Crippen molar-refractivity contribution in [1.82, 2.24) is 19.5 Å². The topological polar surface area (TPSA) is 43.6 Å². The van der Waals surface area contributed by atoms with Crippen LogP contribution in [-0.2, 0) is 5.41 Å². The van der Waals surface area contributed by atoms with Crippen molar-refractivity contribution >= 4 is 21.8 Å². The van der Waals surface area contributed by atoms with Crippen molar-refractivity contribution in [1.29, 1.82) is 0 Å². The monoisotopic (exact) mass is 788 g/mol. The van der Waals surface area contributed by atoms with Gasteiger partial charge in [0.25, 0.3) is 0 Å². The van der Waals surface area contributed by atoms with Gasteiger partial charge in [0, 0.05) is 33.2 Å². The second kappa shape index (κ2) is 13.4. The van der Waals surface area contributed by atoms with Crippen molar-refractivity contribution in [2.75, 3.05) is 0 Å². The number of fused-ring (bicyclic) bond motifs is 13. The Morgan fingerprint density at radius 3 is 1.45 bits per heavy atom. The minimum Gasteiger partial charge on any atom is -0.309 e. The number of rotatable bonds is 5. The van der Waals surface area contributed by atoms with E-state index in [2.05, 4.69) is 205 Å². The van der Waals surface area contributed by atoms with Crippen LogP contribution in [0.5, 0.6) is 0 Å². The molecule has 11 aromatic rings. The normalized spacial score (nSPS) is 13.0. The fraction of sp³-hybridized carbons (Fsp3) is 0.0172. The van der Waals surface area contributed by atoms with Gasteiger partial charge in [0.1, 0.15) is 0 Å². The third-order valence-corrected chi connectivity index (χ3v) is 13.1. The van der Waals surface area contributed by atoms with Crippen molar-refractivity contribution in [3.05, 3.63) is 241 Å². The van der Waals surface area contributed by atoms with Crippen LogP contribution in [0.4, 0.5) is 0 Å². The van der Waals surface area contributed by atoms with Gasteiger partial charge in [-0.3, -0.25) is 0 Å². The summed E-state index contributed by atoms with van der Waals surface area (Å²) < 4.78 is 2.33. The number of hydrogen-bond donors (Lipinski definition) is 0. The predicted molar refractivity (Wildman–Crippen MR) is 252 cm³/mol. The van der Waals surface area contributed by atoms with Gasteiger partial charge in [0.15, 0.2) is 17.5 Å². The Bertz CT molecular complexity index is 3520. The summed E-state index contributed by atoms with van der Waals surface area (Å²) in [5.41, 5.74) is 18.4. The molecule has 0 radical (unpaired) electrons. The molecule has 0 N–H and O–H groups in total. The minimum absolute atomic E-state index is 0.437. The maximum absolute atomic E-state index is 5.34. The highest BCUT2D eigenvalue weighted by Gasteiger charge is 2.51. The first-order valence-electron chi connectivity index (χ1n) is 21.2. The smallest absolute Gasteiger partial charge is 0.164 e. The third-order valence-electron chi connectivity index (χ3n) is 13.1. The van der Waals surface area contributed by atoms with Crippen LogP contribution in [-0.4, -0.2) is 19.5 Å². The molecule has 62 heavy (non-hydrogen) atoms. The van der Waals surface area contributed by atoms with E-state index in [-0.39, 0.29) is 0 Å². The van der Waals surface area contributed by atoms with E-state index in [9.17, 15) is 0 Å². The van der Waals surface area contributed by atoms with E-state index >= 15 is 0 Å². The lowest BCUT2D eigenvalue weighted by Gasteiger charge is -2.30. The van der Waals surface area contributed by atoms with Crippen LogP contribution < -0.4 is 0 Å². The highest BCUT2D eigenvalue weighted by atomic mass is 15.0. The average molecular weight is 789 g/mol. The second-order valence-electron chi connectivity index (χ2n) is 16.3. The van der Waals surface area contributed by atoms with Crippen molar-refractivity contribution in [3.63, 3.8) is 0 Å². The first-order chi connectivity index (χ1) is 30.8. The molecule has 0 amide bonds. The minimum atomic E-state index is -0.437. The SMILES string of the molecule is c1ccc(-c2nc(-c3ccc4c(c3)c3ccccc3n4-c3ccccc3)nc(-c3ccccc3-c3ccc4c(c3)C3(c5ccccc5-c5ccccc53)c3ccccc3-4)n2)cc1. The number of nitrogens with zero attached hydrogens (tertiary/aromatic N) is 4. The van der Waals surface area contributed by atoms with E-state index in [0.717, 1.165) is 49.9 Å². The van der Waals surface area contributed by atoms with E-state index in [4.69, 9.17) is 15.0 Å². The average Bonchev–Trinajstić information content (AvgIpc) is 3.96. The van der Waals surface area contributed by atoms with Crippen LogP contribution in [0.2, 0.25) is 0 Å². The maximum Gasteiger partial charge on any atom is 0.164 e. The molecule has 2 aromatic heterocycles. The Balaban J connectivity index is 1.01. The van der Waals surface area contributed by atoms with Crippen molar-refractivity contribution in [2.24, 2.45) is 0 Å². The van der Waals surface area contributed by atoms with Gasteiger partial charge in [-0.1, -0.05) is 176 Å². The van der Waals surface area contributed by atoms with E-state index in [1.54, 1.807) is 0 Å². The first kappa shape index (κ1) is 34.6. The maximum atomic E-state index is 5.34. The highest BCUT2D eigenvalue weighted by molar-refractivity contribution is 6.10. The molecule has 0 atom stereocenters. The zero-order chi connectivity index (χ0) is 40.8. The number of hydrogen-bond acceptors (Lipinski definition) is 3. The molecule has 4 heteroatoms. The standard InChI is InChI=1S/C58H36N4/c1-3-17-37(18-4-1)55-59-56(39-32-34-54-48(35-39)46-25-12-16-30-53(46)62(54)40-19-5-2-6-20-40)61-57(60-55)47-26-8-7-21-41(47)38-31-33-45-44-24-11-15-29-51(44)58(52(45)36-38)49-27-13-9-22-42(49)43-23-10-14-28-50(43)58/h1-36H. The Hall–Kier alpha value is -8.21. The Morgan fingerprint density at radius 2 is 0.774 bits per heavy atom. The molecule has 0 saturated heterocycles. The van der Waals surface area contributed by atoms with Gasteiger partial charge in [-0.15, -0.1) is 0 Å². The summed E-state index contributed by atoms with van der Waals surface area (Å²) in [4.78, 5) is 15.8. The van der Waals surface area contributed by atoms with Gasteiger partial charge in [-0.05, 0) is 98.1 Å². The number of benzene rings is 9. The molecule has 9 aromatic carbocycles. The van der Waals surface area contributed by atoms with Crippen molar-refractivity contribution in [2.45, 2.75) is 5.41 Å². The zero-order valence-corrected chi connectivity index (χ0v) is 33.6. The van der Waals surface area contributed by atoms with Crippen LogP contribution >= 0.6 is 0 Å². The Labute approximate surface area is 359 Å². The van der Waals surface area contributed by atoms with Gasteiger partial charge in [0.2, 0.25) is 0 Å². The van der Waals surface area contributed by atoms with Gasteiger partial charge in [0.05, 0.1) is 16.4 Å². The lowest BCUT2D eigenvalue weighted by Crippen LogP contribution is -2.25. The van der Waals surface area contributed by atoms with Crippen LogP contribution in [0.1, 0.15) is 22.3 Å². The number of aromatic nitrogens is 4. The molecule has 0 bridgehead atoms. The molecule has 288 valence electrons. The summed E-state index contributed by atoms with van der Waals surface area (Å²) >= 11 is 0. The molecule has 2 heterocycles. The Kier molecular flexibility index (Phi) is 7.49. The van der Waals surface area contributed by atoms with Gasteiger partial charge >= 0.3 is 0 Å². The van der Waals surface area contributed by atoms with E-state index in [0.29, 0.717) is 17.5 Å². The lowest BCUT2D eigenvalue weighted by molar-refractivity contribution is 0.794. The molecule has 0 aliphatic heterocycles. The van der Waals surface area contributed by atoms with E-state index in [1.807, 2.05) is 18.2 Å². The molecule has 2 aliphatic carbocycles. The summed E-state index contributed by atoms with van der Waals surface area (Å²) in [6, 6.07) is 78.5. The molecule has 2 aliphatic rings. The molecule has 1 spiro atoms. The molecule has 0 unspecified atom stereocenters. The zero-order valence-electron chi connectivity index (χ0n) is 33.6. The van der Waals surface area contributed by atoms with Crippen LogP contribution in [0.15, 0.2) is 218 Å². The predicted octanol–water partition coefficient (Wildman–Crippen LogP) is 14.0. The summed E-state index contributed by atoms with van der Waals surface area (Å²) in [7, 11) is 0. The Morgan fingerprint density at radius 1 is 0.290 bits per heavy atom. The van der Waals surface area contributed by atoms with Crippen molar-refractivity contribution in [3.8, 4) is 73.2 Å². The van der Waals surface area contributed by atoms with Crippen molar-refractivity contribution < 1.29 is 0 Å². The quantitative estimate of drug-likeness (QED) is 0.174. The van der Waals surface area contributed by atoms with Gasteiger partial charge in [-0.25, -0.2) is 15.0 Å². The molecular formula is C58H36N4. The first-order valence-corrected chi connectivity index (χ1v) is 21.2. The summed E-state index contributed by atoms with van der Waals surface area (Å²) in [6.45, 7) is 0.